The van der Waals surface area contributed by atoms with Crippen molar-refractivity contribution in [3.05, 3.63) is 63.9 Å². The molecule has 0 bridgehead atoms. The van der Waals surface area contributed by atoms with Crippen LogP contribution in [0.1, 0.15) is 10.4 Å². The molecule has 2 aromatic rings. The van der Waals surface area contributed by atoms with Crippen LogP contribution in [0.5, 0.6) is 0 Å². The number of likely N-dealkylation sites (N-methyl/N-ethyl adjacent to an activating group) is 1. The molecule has 0 atom stereocenters. The van der Waals surface area contributed by atoms with Crippen molar-refractivity contribution in [3.63, 3.8) is 0 Å². The topological polar surface area (TPSA) is 80.8 Å². The van der Waals surface area contributed by atoms with E-state index in [1.807, 2.05) is 0 Å². The van der Waals surface area contributed by atoms with Gasteiger partial charge in [0, 0.05) is 12.6 Å². The summed E-state index contributed by atoms with van der Waals surface area (Å²) in [7, 11) is -2.84. The summed E-state index contributed by atoms with van der Waals surface area (Å²) < 4.78 is 43.1. The number of rotatable bonds is 7. The normalized spacial score (nSPS) is 11.4. The van der Waals surface area contributed by atoms with Gasteiger partial charge in [-0.05, 0) is 42.5 Å². The number of ether oxygens (including phenoxy) is 1. The molecule has 0 aliphatic carbocycles. The van der Waals surface area contributed by atoms with Crippen molar-refractivity contribution in [1.82, 2.24) is 4.31 Å². The maximum Gasteiger partial charge on any atom is 0.321 e. The molecule has 0 fully saturated rings. The third-order valence-corrected chi connectivity index (χ3v) is 6.04. The number of nitrogens with zero attached hydrogens (tertiary/aromatic N) is 1. The number of carbonyl (C=O) groups excluding carboxylic acids is 2. The molecule has 0 aliphatic heterocycles. The highest BCUT2D eigenvalue weighted by molar-refractivity contribution is 7.89. The molecule has 2 aromatic carbocycles. The Bertz CT molecular complexity index is 964. The maximum absolute atomic E-state index is 12.9. The first kappa shape index (κ1) is 21.3. The molecule has 0 amide bonds. The van der Waals surface area contributed by atoms with E-state index < -0.39 is 40.7 Å². The maximum atomic E-state index is 12.9. The van der Waals surface area contributed by atoms with E-state index in [9.17, 15) is 22.4 Å². The number of Topliss-reactive ketones (excluding diaryl/α,β-unsaturated/α-hetero) is 1. The molecule has 27 heavy (non-hydrogen) atoms. The Morgan fingerprint density at radius 3 is 2.30 bits per heavy atom. The third-order valence-electron chi connectivity index (χ3n) is 3.48. The zero-order valence-electron chi connectivity index (χ0n) is 14.0. The second kappa shape index (κ2) is 8.79. The number of halogens is 3. The number of carbonyl (C=O) groups is 2. The zero-order chi connectivity index (χ0) is 20.2. The highest BCUT2D eigenvalue weighted by Gasteiger charge is 2.24. The van der Waals surface area contributed by atoms with Crippen molar-refractivity contribution >= 4 is 45.0 Å². The molecule has 2 rings (SSSR count). The largest absolute Gasteiger partial charge is 0.456 e. The van der Waals surface area contributed by atoms with Crippen molar-refractivity contribution in [2.75, 3.05) is 20.2 Å². The number of benzene rings is 2. The van der Waals surface area contributed by atoms with Gasteiger partial charge in [0.05, 0.1) is 14.9 Å². The van der Waals surface area contributed by atoms with Gasteiger partial charge in [-0.1, -0.05) is 23.2 Å². The van der Waals surface area contributed by atoms with Crippen LogP contribution in [0.3, 0.4) is 0 Å². The molecular weight excluding hydrogens is 420 g/mol. The molecule has 144 valence electrons. The second-order valence-electron chi connectivity index (χ2n) is 5.43. The molecule has 0 aromatic heterocycles. The Hall–Kier alpha value is -2.00. The number of hydrogen-bond donors (Lipinski definition) is 0. The molecule has 0 spiro atoms. The predicted octanol–water partition coefficient (Wildman–Crippen LogP) is 3.18. The van der Waals surface area contributed by atoms with Gasteiger partial charge in [-0.2, -0.15) is 4.31 Å². The van der Waals surface area contributed by atoms with E-state index in [-0.39, 0.29) is 20.5 Å². The lowest BCUT2D eigenvalue weighted by Gasteiger charge is -2.16. The summed E-state index contributed by atoms with van der Waals surface area (Å²) in [6.07, 6.45) is 0. The molecule has 0 heterocycles. The number of hydrogen-bond acceptors (Lipinski definition) is 5. The summed E-state index contributed by atoms with van der Waals surface area (Å²) in [4.78, 5) is 23.7. The summed E-state index contributed by atoms with van der Waals surface area (Å²) in [5.41, 5.74) is 0.199. The van der Waals surface area contributed by atoms with E-state index in [0.717, 1.165) is 28.6 Å². The number of sulfonamides is 1. The quantitative estimate of drug-likeness (QED) is 0.494. The van der Waals surface area contributed by atoms with Crippen LogP contribution in [0.25, 0.3) is 0 Å². The average Bonchev–Trinajstić information content (AvgIpc) is 2.62. The summed E-state index contributed by atoms with van der Waals surface area (Å²) in [5, 5.41) is 0.455. The fourth-order valence-electron chi connectivity index (χ4n) is 2.00. The van der Waals surface area contributed by atoms with Crippen LogP contribution in [-0.2, 0) is 19.6 Å². The van der Waals surface area contributed by atoms with E-state index in [1.165, 1.54) is 25.2 Å². The minimum atomic E-state index is -4.00. The molecule has 6 nitrogen and oxygen atoms in total. The van der Waals surface area contributed by atoms with Crippen molar-refractivity contribution in [2.45, 2.75) is 4.90 Å². The van der Waals surface area contributed by atoms with Gasteiger partial charge in [0.25, 0.3) is 0 Å². The monoisotopic (exact) mass is 433 g/mol. The van der Waals surface area contributed by atoms with Crippen molar-refractivity contribution in [3.8, 4) is 0 Å². The Morgan fingerprint density at radius 1 is 1.07 bits per heavy atom. The third kappa shape index (κ3) is 5.49. The van der Waals surface area contributed by atoms with E-state index >= 15 is 0 Å². The molecule has 0 saturated heterocycles. The highest BCUT2D eigenvalue weighted by atomic mass is 35.5. The fourth-order valence-corrected chi connectivity index (χ4v) is 3.41. The highest BCUT2D eigenvalue weighted by Crippen LogP contribution is 2.22. The van der Waals surface area contributed by atoms with Crippen LogP contribution in [0, 0.1) is 5.82 Å². The van der Waals surface area contributed by atoms with Gasteiger partial charge in [-0.15, -0.1) is 0 Å². The van der Waals surface area contributed by atoms with E-state index in [4.69, 9.17) is 27.9 Å². The minimum absolute atomic E-state index is 0.175. The molecule has 0 unspecified atom stereocenters. The van der Waals surface area contributed by atoms with Crippen molar-refractivity contribution in [1.29, 1.82) is 0 Å². The van der Waals surface area contributed by atoms with Crippen LogP contribution < -0.4 is 0 Å². The lowest BCUT2D eigenvalue weighted by molar-refractivity contribution is -0.142. The summed E-state index contributed by atoms with van der Waals surface area (Å²) in [6, 6.07) is 8.35. The predicted molar refractivity (Wildman–Crippen MR) is 98.0 cm³/mol. The number of ketones is 1. The lowest BCUT2D eigenvalue weighted by Crippen LogP contribution is -2.33. The Kier molecular flexibility index (Phi) is 6.94. The van der Waals surface area contributed by atoms with Crippen LogP contribution >= 0.6 is 23.2 Å². The van der Waals surface area contributed by atoms with Gasteiger partial charge in [-0.25, -0.2) is 12.8 Å². The molecule has 0 N–H and O–H groups in total. The fraction of sp³-hybridized carbons (Fsp3) is 0.176. The average molecular weight is 434 g/mol. The molecule has 0 radical (unpaired) electrons. The van der Waals surface area contributed by atoms with Gasteiger partial charge in [0.15, 0.2) is 12.4 Å². The van der Waals surface area contributed by atoms with Crippen LogP contribution in [0.4, 0.5) is 4.39 Å². The lowest BCUT2D eigenvalue weighted by atomic mass is 10.1. The minimum Gasteiger partial charge on any atom is -0.456 e. The molecule has 0 saturated carbocycles. The van der Waals surface area contributed by atoms with Crippen LogP contribution in [0.15, 0.2) is 47.4 Å². The van der Waals surface area contributed by atoms with Crippen LogP contribution in [0.2, 0.25) is 10.0 Å². The van der Waals surface area contributed by atoms with Gasteiger partial charge >= 0.3 is 5.97 Å². The number of esters is 1. The molecule has 0 aliphatic rings. The summed E-state index contributed by atoms with van der Waals surface area (Å²) in [5.74, 6) is -2.03. The van der Waals surface area contributed by atoms with Crippen molar-refractivity contribution in [2.24, 2.45) is 0 Å². The Balaban J connectivity index is 1.95. The first-order valence-corrected chi connectivity index (χ1v) is 9.66. The first-order valence-electron chi connectivity index (χ1n) is 7.47. The second-order valence-corrected chi connectivity index (χ2v) is 8.29. The molecule has 10 heteroatoms. The van der Waals surface area contributed by atoms with Crippen LogP contribution in [-0.4, -0.2) is 44.7 Å². The molecular formula is C17H14Cl2FNO5S. The first-order chi connectivity index (χ1) is 12.6. The van der Waals surface area contributed by atoms with Gasteiger partial charge < -0.3 is 4.74 Å². The van der Waals surface area contributed by atoms with E-state index in [2.05, 4.69) is 0 Å². The SMILES string of the molecule is CN(CC(=O)OCC(=O)c1ccc(Cl)c(Cl)c1)S(=O)(=O)c1ccc(F)cc1. The Labute approximate surface area is 165 Å². The smallest absolute Gasteiger partial charge is 0.321 e. The summed E-state index contributed by atoms with van der Waals surface area (Å²) >= 11 is 11.6. The van der Waals surface area contributed by atoms with Crippen molar-refractivity contribution < 1.29 is 27.1 Å². The zero-order valence-corrected chi connectivity index (χ0v) is 16.3. The van der Waals surface area contributed by atoms with E-state index in [0.29, 0.717) is 0 Å². The van der Waals surface area contributed by atoms with Gasteiger partial charge in [0.1, 0.15) is 12.4 Å². The Morgan fingerprint density at radius 2 is 1.70 bits per heavy atom. The standard InChI is InChI=1S/C17H14Cl2FNO5S/c1-21(27(24,25)13-5-3-12(20)4-6-13)9-17(23)26-10-16(22)11-2-7-14(18)15(19)8-11/h2-8H,9-10H2,1H3. The summed E-state index contributed by atoms with van der Waals surface area (Å²) in [6.45, 7) is -1.20. The van der Waals surface area contributed by atoms with Gasteiger partial charge in [0.2, 0.25) is 10.0 Å². The van der Waals surface area contributed by atoms with E-state index in [1.54, 1.807) is 0 Å². The van der Waals surface area contributed by atoms with Gasteiger partial charge in [-0.3, -0.25) is 9.59 Å².